The number of nitrogens with one attached hydrogen (secondary N) is 1. The fraction of sp³-hybridized carbons (Fsp3) is 0.333. The minimum atomic E-state index is -0.585. The molecule has 0 aliphatic rings. The topological polar surface area (TPSA) is 89.7 Å². The molecule has 7 nitrogen and oxygen atoms in total. The molecule has 22 heavy (non-hydrogen) atoms. The molecule has 0 aliphatic carbocycles. The highest BCUT2D eigenvalue weighted by atomic mass is 16.5. The van der Waals surface area contributed by atoms with Crippen molar-refractivity contribution in [2.24, 2.45) is 0 Å². The first-order valence-electron chi connectivity index (χ1n) is 6.89. The van der Waals surface area contributed by atoms with Crippen LogP contribution in [0.15, 0.2) is 28.8 Å². The number of H-pyrrole nitrogens is 1. The summed E-state index contributed by atoms with van der Waals surface area (Å²) in [5.74, 6) is 2.41. The summed E-state index contributed by atoms with van der Waals surface area (Å²) in [6, 6.07) is 7.64. The van der Waals surface area contributed by atoms with Crippen molar-refractivity contribution in [1.82, 2.24) is 25.3 Å². The summed E-state index contributed by atoms with van der Waals surface area (Å²) < 4.78 is 10.7. The lowest BCUT2D eigenvalue weighted by Crippen LogP contribution is -2.21. The van der Waals surface area contributed by atoms with Gasteiger partial charge in [-0.15, -0.1) is 0 Å². The molecule has 0 atom stereocenters. The molecule has 0 radical (unpaired) electrons. The monoisotopic (exact) mass is 299 g/mol. The van der Waals surface area contributed by atoms with Gasteiger partial charge in [0.25, 0.3) is 5.89 Å². The summed E-state index contributed by atoms with van der Waals surface area (Å²) in [6.07, 6.45) is 0. The molecule has 2 heterocycles. The van der Waals surface area contributed by atoms with Crippen LogP contribution in [0.25, 0.3) is 22.8 Å². The first-order chi connectivity index (χ1) is 10.5. The number of ether oxygens (including phenoxy) is 1. The zero-order valence-corrected chi connectivity index (χ0v) is 12.9. The van der Waals surface area contributed by atoms with Crippen molar-refractivity contribution < 1.29 is 9.26 Å². The average Bonchev–Trinajstić information content (AvgIpc) is 3.17. The molecule has 0 aliphatic heterocycles. The van der Waals surface area contributed by atoms with Gasteiger partial charge in [0, 0.05) is 18.2 Å². The highest BCUT2D eigenvalue weighted by Gasteiger charge is 2.26. The number of nitrogens with zero attached hydrogens (tertiary/aromatic N) is 4. The minimum absolute atomic E-state index is 0.456. The third-order valence-corrected chi connectivity index (χ3v) is 3.46. The average molecular weight is 299 g/mol. The Morgan fingerprint density at radius 1 is 1.09 bits per heavy atom. The smallest absolute Gasteiger partial charge is 0.258 e. The van der Waals surface area contributed by atoms with Crippen LogP contribution in [0.5, 0.6) is 0 Å². The number of methoxy groups -OCH3 is 1. The molecule has 3 rings (SSSR count). The van der Waals surface area contributed by atoms with Crippen LogP contribution < -0.4 is 0 Å². The molecule has 0 amide bonds. The molecule has 1 N–H and O–H groups in total. The highest BCUT2D eigenvalue weighted by Crippen LogP contribution is 2.26. The van der Waals surface area contributed by atoms with Gasteiger partial charge in [-0.1, -0.05) is 17.3 Å². The molecule has 114 valence electrons. The van der Waals surface area contributed by atoms with Gasteiger partial charge in [0.05, 0.1) is 0 Å². The Morgan fingerprint density at radius 3 is 2.36 bits per heavy atom. The molecule has 0 unspecified atom stereocenters. The second kappa shape index (κ2) is 5.34. The zero-order chi connectivity index (χ0) is 15.7. The van der Waals surface area contributed by atoms with Crippen molar-refractivity contribution >= 4 is 0 Å². The quantitative estimate of drug-likeness (QED) is 0.796. The van der Waals surface area contributed by atoms with E-state index >= 15 is 0 Å². The van der Waals surface area contributed by atoms with Gasteiger partial charge in [0.2, 0.25) is 5.82 Å². The zero-order valence-electron chi connectivity index (χ0n) is 12.9. The maximum atomic E-state index is 5.35. The van der Waals surface area contributed by atoms with Gasteiger partial charge in [-0.05, 0) is 32.9 Å². The third-order valence-electron chi connectivity index (χ3n) is 3.46. The standard InChI is InChI=1S/C15H17N5O2/c1-9-16-12(19-18-9)10-5-7-11(8-6-10)13-17-14(20-22-13)15(2,3)21-4/h5-8H,1-4H3,(H,16,18,19). The summed E-state index contributed by atoms with van der Waals surface area (Å²) in [6.45, 7) is 5.63. The fourth-order valence-corrected chi connectivity index (χ4v) is 1.91. The summed E-state index contributed by atoms with van der Waals surface area (Å²) in [7, 11) is 1.61. The number of aromatic nitrogens is 5. The van der Waals surface area contributed by atoms with E-state index in [9.17, 15) is 0 Å². The number of rotatable bonds is 4. The van der Waals surface area contributed by atoms with E-state index in [-0.39, 0.29) is 0 Å². The lowest BCUT2D eigenvalue weighted by Gasteiger charge is -2.17. The minimum Gasteiger partial charge on any atom is -0.371 e. The summed E-state index contributed by atoms with van der Waals surface area (Å²) >= 11 is 0. The molecule has 0 bridgehead atoms. The fourth-order valence-electron chi connectivity index (χ4n) is 1.91. The predicted octanol–water partition coefficient (Wildman–Crippen LogP) is 2.71. The van der Waals surface area contributed by atoms with Crippen molar-refractivity contribution in [1.29, 1.82) is 0 Å². The number of hydrogen-bond acceptors (Lipinski definition) is 6. The van der Waals surface area contributed by atoms with Crippen molar-refractivity contribution in [2.75, 3.05) is 7.11 Å². The Hall–Kier alpha value is -2.54. The van der Waals surface area contributed by atoms with Crippen molar-refractivity contribution in [3.8, 4) is 22.8 Å². The van der Waals surface area contributed by atoms with Crippen molar-refractivity contribution in [3.05, 3.63) is 35.9 Å². The van der Waals surface area contributed by atoms with Gasteiger partial charge in [-0.3, -0.25) is 5.10 Å². The number of aryl methyl sites for hydroxylation is 1. The van der Waals surface area contributed by atoms with Gasteiger partial charge in [0.15, 0.2) is 5.82 Å². The molecule has 1 aromatic carbocycles. The van der Waals surface area contributed by atoms with E-state index in [0.717, 1.165) is 17.0 Å². The number of hydrogen-bond donors (Lipinski definition) is 1. The van der Waals surface area contributed by atoms with E-state index in [1.807, 2.05) is 45.0 Å². The van der Waals surface area contributed by atoms with E-state index in [0.29, 0.717) is 17.5 Å². The molecule has 2 aromatic heterocycles. The highest BCUT2D eigenvalue weighted by molar-refractivity contribution is 5.62. The largest absolute Gasteiger partial charge is 0.371 e. The summed E-state index contributed by atoms with van der Waals surface area (Å²) in [5, 5.41) is 10.9. The molecular formula is C15H17N5O2. The molecule has 0 saturated heterocycles. The number of aromatic amines is 1. The molecule has 3 aromatic rings. The lowest BCUT2D eigenvalue weighted by molar-refractivity contribution is 0.00973. The normalized spacial score (nSPS) is 11.8. The van der Waals surface area contributed by atoms with Crippen LogP contribution >= 0.6 is 0 Å². The van der Waals surface area contributed by atoms with Crippen LogP contribution in [0.4, 0.5) is 0 Å². The number of benzene rings is 1. The van der Waals surface area contributed by atoms with Gasteiger partial charge in [0.1, 0.15) is 11.4 Å². The second-order valence-corrected chi connectivity index (χ2v) is 5.46. The van der Waals surface area contributed by atoms with Gasteiger partial charge in [-0.2, -0.15) is 10.1 Å². The van der Waals surface area contributed by atoms with Gasteiger partial charge >= 0.3 is 0 Å². The maximum absolute atomic E-state index is 5.35. The van der Waals surface area contributed by atoms with Crippen LogP contribution in [0.3, 0.4) is 0 Å². The van der Waals surface area contributed by atoms with Gasteiger partial charge in [-0.25, -0.2) is 4.98 Å². The van der Waals surface area contributed by atoms with E-state index in [1.165, 1.54) is 0 Å². The lowest BCUT2D eigenvalue weighted by atomic mass is 10.1. The summed E-state index contributed by atoms with van der Waals surface area (Å²) in [5.41, 5.74) is 1.17. The Kier molecular flexibility index (Phi) is 3.50. The molecule has 7 heteroatoms. The van der Waals surface area contributed by atoms with Crippen molar-refractivity contribution in [2.45, 2.75) is 26.4 Å². The predicted molar refractivity (Wildman–Crippen MR) is 79.9 cm³/mol. The Morgan fingerprint density at radius 2 is 1.77 bits per heavy atom. The first kappa shape index (κ1) is 14.4. The Bertz CT molecular complexity index is 773. The van der Waals surface area contributed by atoms with Crippen LogP contribution in [-0.2, 0) is 10.3 Å². The summed E-state index contributed by atoms with van der Waals surface area (Å²) in [4.78, 5) is 8.69. The van der Waals surface area contributed by atoms with Crippen LogP contribution in [0.1, 0.15) is 25.5 Å². The van der Waals surface area contributed by atoms with E-state index in [2.05, 4.69) is 25.3 Å². The Labute approximate surface area is 127 Å². The maximum Gasteiger partial charge on any atom is 0.258 e. The molecular weight excluding hydrogens is 282 g/mol. The van der Waals surface area contributed by atoms with Crippen LogP contribution in [0.2, 0.25) is 0 Å². The van der Waals surface area contributed by atoms with E-state index in [4.69, 9.17) is 9.26 Å². The second-order valence-electron chi connectivity index (χ2n) is 5.46. The van der Waals surface area contributed by atoms with E-state index < -0.39 is 5.60 Å². The Balaban J connectivity index is 1.87. The molecule has 0 saturated carbocycles. The third kappa shape index (κ3) is 2.62. The first-order valence-corrected chi connectivity index (χ1v) is 6.89. The van der Waals surface area contributed by atoms with Crippen molar-refractivity contribution in [3.63, 3.8) is 0 Å². The SMILES string of the molecule is COC(C)(C)c1noc(-c2ccc(-c3n[nH]c(C)n3)cc2)n1. The van der Waals surface area contributed by atoms with Gasteiger partial charge < -0.3 is 9.26 Å². The molecule has 0 spiro atoms. The van der Waals surface area contributed by atoms with Crippen LogP contribution in [0, 0.1) is 6.92 Å². The van der Waals surface area contributed by atoms with E-state index in [1.54, 1.807) is 7.11 Å². The van der Waals surface area contributed by atoms with Crippen LogP contribution in [-0.4, -0.2) is 32.4 Å². The molecule has 0 fully saturated rings.